The van der Waals surface area contributed by atoms with Crippen molar-refractivity contribution in [2.75, 3.05) is 39.2 Å². The smallest absolute Gasteiger partial charge is 0.412 e. The Balaban J connectivity index is 1.38. The summed E-state index contributed by atoms with van der Waals surface area (Å²) in [7, 11) is 5.12. The molecule has 2 aromatic heterocycles. The Hall–Kier alpha value is -5.48. The second-order valence-corrected chi connectivity index (χ2v) is 18.8. The Kier molecular flexibility index (Phi) is 15.8. The number of ether oxygens (including phenoxy) is 5. The monoisotopic (exact) mass is 937 g/mol. The first kappa shape index (κ1) is 50.9. The summed E-state index contributed by atoms with van der Waals surface area (Å²) >= 11 is 0. The Morgan fingerprint density at radius 2 is 1.75 bits per heavy atom. The normalized spacial score (nSPS) is 33.4. The zero-order chi connectivity index (χ0) is 49.1. The minimum absolute atomic E-state index is 0.00577. The van der Waals surface area contributed by atoms with Crippen LogP contribution in [0.3, 0.4) is 0 Å². The average molecular weight is 937 g/mol. The molecule has 5 heterocycles. The van der Waals surface area contributed by atoms with Crippen LogP contribution in [0.4, 0.5) is 16.3 Å². The van der Waals surface area contributed by atoms with Crippen molar-refractivity contribution >= 4 is 35.3 Å². The van der Waals surface area contributed by atoms with Crippen LogP contribution in [0, 0.1) is 17.8 Å². The predicted molar refractivity (Wildman–Crippen MR) is 245 cm³/mol. The number of aryl methyl sites for hydroxylation is 1. The molecule has 13 atom stereocenters. The molecule has 0 bridgehead atoms. The number of fused-ring (bicyclic) bond motifs is 1. The first-order valence-electron chi connectivity index (χ1n) is 23.0. The van der Waals surface area contributed by atoms with Crippen molar-refractivity contribution in [3.8, 4) is 11.3 Å². The number of amides is 2. The number of aliphatic hydroxyl groups excluding tert-OH is 1. The van der Waals surface area contributed by atoms with Crippen LogP contribution in [0.25, 0.3) is 11.3 Å². The molecule has 0 spiro atoms. The highest BCUT2D eigenvalue weighted by Gasteiger charge is 2.64. The lowest BCUT2D eigenvalue weighted by Gasteiger charge is -2.46. The standard InChI is InChI=1S/C46H68N10O11/c1-11-34-46(56-20-17-35(48)50-43(56)61)38(55(44(62)67-46)19-13-12-18-54-24-32(51-52-54)30-15-14-16-31(47)22-30)29(6)49-40(59)25(2)23-45(7,63-10)39(27(4)36(57)28(5)41(60)65-34)66-42-37(58)33(53(8)9)21-26(3)64-42/h14-17,20,22,24-29,33-34,37-39,42,58H,11-13,18-19,21,23,47H2,1-10H3,(H,49,59)(H2,48,50,61)/t25-,26-,27+,28?,29-,33?,34-,37?,38-,39-,42+,45-,46-/m1/s1. The third kappa shape index (κ3) is 10.5. The molecule has 2 amide bonds. The van der Waals surface area contributed by atoms with Gasteiger partial charge in [0.1, 0.15) is 29.6 Å². The highest BCUT2D eigenvalue weighted by molar-refractivity contribution is 6.00. The molecule has 368 valence electrons. The minimum atomic E-state index is -2.14. The number of Topliss-reactive ketones (excluding diaryl/α,β-unsaturated/α-hetero) is 1. The van der Waals surface area contributed by atoms with Gasteiger partial charge in [-0.3, -0.25) is 28.5 Å². The lowest BCUT2D eigenvalue weighted by atomic mass is 9.78. The predicted octanol–water partition coefficient (Wildman–Crippen LogP) is 2.54. The van der Waals surface area contributed by atoms with Crippen LogP contribution in [0.5, 0.6) is 0 Å². The first-order chi connectivity index (χ1) is 31.6. The lowest BCUT2D eigenvalue weighted by molar-refractivity contribution is -0.295. The van der Waals surface area contributed by atoms with Gasteiger partial charge in [0.15, 0.2) is 18.2 Å². The Labute approximate surface area is 390 Å². The number of hydrogen-bond acceptors (Lipinski definition) is 17. The van der Waals surface area contributed by atoms with Crippen molar-refractivity contribution in [1.29, 1.82) is 0 Å². The summed E-state index contributed by atoms with van der Waals surface area (Å²) in [6.45, 7) is 12.1. The number of nitrogens with zero attached hydrogens (tertiary/aromatic N) is 7. The van der Waals surface area contributed by atoms with E-state index in [4.69, 9.17) is 35.2 Å². The summed E-state index contributed by atoms with van der Waals surface area (Å²) in [5.41, 5.74) is 9.54. The molecule has 3 aromatic rings. The number of benzene rings is 1. The number of carbonyl (C=O) groups is 4. The third-order valence-electron chi connectivity index (χ3n) is 13.6. The number of aromatic nitrogens is 5. The van der Waals surface area contributed by atoms with E-state index < -0.39 is 95.2 Å². The number of aliphatic hydroxyl groups is 1. The van der Waals surface area contributed by atoms with Crippen molar-refractivity contribution in [3.05, 3.63) is 53.2 Å². The van der Waals surface area contributed by atoms with Gasteiger partial charge in [-0.25, -0.2) is 9.59 Å². The maximum atomic E-state index is 14.7. The van der Waals surface area contributed by atoms with Gasteiger partial charge in [-0.15, -0.1) is 5.10 Å². The first-order valence-corrected chi connectivity index (χ1v) is 23.0. The fourth-order valence-electron chi connectivity index (χ4n) is 9.95. The van der Waals surface area contributed by atoms with Gasteiger partial charge < -0.3 is 50.5 Å². The molecule has 3 fully saturated rings. The van der Waals surface area contributed by atoms with Crippen molar-refractivity contribution in [2.24, 2.45) is 17.8 Å². The largest absolute Gasteiger partial charge is 0.455 e. The van der Waals surface area contributed by atoms with Crippen molar-refractivity contribution in [2.45, 2.75) is 147 Å². The summed E-state index contributed by atoms with van der Waals surface area (Å²) in [4.78, 5) is 79.3. The van der Waals surface area contributed by atoms with Gasteiger partial charge in [0.05, 0.1) is 30.0 Å². The van der Waals surface area contributed by atoms with Gasteiger partial charge in [-0.1, -0.05) is 38.1 Å². The quantitative estimate of drug-likeness (QED) is 0.0879. The number of hydrogen-bond donors (Lipinski definition) is 4. The maximum absolute atomic E-state index is 14.7. The molecule has 3 aliphatic heterocycles. The van der Waals surface area contributed by atoms with Crippen molar-refractivity contribution < 1.29 is 48.0 Å². The van der Waals surface area contributed by atoms with E-state index >= 15 is 0 Å². The molecule has 1 aromatic carbocycles. The Morgan fingerprint density at radius 3 is 2.40 bits per heavy atom. The van der Waals surface area contributed by atoms with Gasteiger partial charge in [0.25, 0.3) is 5.72 Å². The second kappa shape index (κ2) is 20.8. The van der Waals surface area contributed by atoms with E-state index in [0.29, 0.717) is 37.2 Å². The number of ketones is 1. The van der Waals surface area contributed by atoms with E-state index in [1.165, 1.54) is 31.2 Å². The molecule has 6 N–H and O–H groups in total. The number of nitrogen functional groups attached to an aromatic ring is 2. The highest BCUT2D eigenvalue weighted by atomic mass is 16.7. The molecule has 0 radical (unpaired) electrons. The summed E-state index contributed by atoms with van der Waals surface area (Å²) in [6.07, 6.45) is -1.52. The van der Waals surface area contributed by atoms with Crippen molar-refractivity contribution in [3.63, 3.8) is 0 Å². The molecule has 3 saturated heterocycles. The fraction of sp³-hybridized carbons (Fsp3) is 0.652. The van der Waals surface area contributed by atoms with Crippen LogP contribution < -0.4 is 22.5 Å². The number of esters is 1. The van der Waals surface area contributed by atoms with Crippen LogP contribution in [0.15, 0.2) is 47.5 Å². The molecule has 6 rings (SSSR count). The van der Waals surface area contributed by atoms with Gasteiger partial charge >= 0.3 is 17.8 Å². The van der Waals surface area contributed by atoms with Gasteiger partial charge in [-0.2, -0.15) is 4.98 Å². The summed E-state index contributed by atoms with van der Waals surface area (Å²) in [5, 5.41) is 23.2. The van der Waals surface area contributed by atoms with Crippen LogP contribution in [0.2, 0.25) is 0 Å². The highest BCUT2D eigenvalue weighted by Crippen LogP contribution is 2.43. The molecule has 67 heavy (non-hydrogen) atoms. The van der Waals surface area contributed by atoms with Crippen LogP contribution in [0.1, 0.15) is 80.6 Å². The lowest BCUT2D eigenvalue weighted by Crippen LogP contribution is -2.65. The Bertz CT molecular complexity index is 2310. The van der Waals surface area contributed by atoms with Gasteiger partial charge in [0.2, 0.25) is 5.91 Å². The van der Waals surface area contributed by atoms with E-state index in [2.05, 4.69) is 20.6 Å². The molecular weight excluding hydrogens is 869 g/mol. The number of anilines is 2. The fourth-order valence-corrected chi connectivity index (χ4v) is 9.95. The van der Waals surface area contributed by atoms with E-state index in [1.54, 1.807) is 57.6 Å². The Morgan fingerprint density at radius 1 is 1.03 bits per heavy atom. The second-order valence-electron chi connectivity index (χ2n) is 18.8. The third-order valence-corrected chi connectivity index (χ3v) is 13.6. The summed E-state index contributed by atoms with van der Waals surface area (Å²) in [6, 6.07) is 6.13. The van der Waals surface area contributed by atoms with E-state index in [0.717, 1.165) is 10.1 Å². The van der Waals surface area contributed by atoms with E-state index in [1.807, 2.05) is 38.1 Å². The number of rotatable bonds is 12. The van der Waals surface area contributed by atoms with Crippen LogP contribution in [-0.2, 0) is 50.3 Å². The zero-order valence-electron chi connectivity index (χ0n) is 40.2. The minimum Gasteiger partial charge on any atom is -0.455 e. The van der Waals surface area contributed by atoms with Gasteiger partial charge in [-0.05, 0) is 92.1 Å². The van der Waals surface area contributed by atoms with Crippen molar-refractivity contribution in [1.82, 2.24) is 39.7 Å². The topological polar surface area (TPSA) is 271 Å². The van der Waals surface area contributed by atoms with Gasteiger partial charge in [0, 0.05) is 55.5 Å². The molecule has 0 saturated carbocycles. The number of methoxy groups -OCH3 is 1. The molecule has 3 aliphatic rings. The number of nitrogens with one attached hydrogen (secondary N) is 1. The van der Waals surface area contributed by atoms with E-state index in [9.17, 15) is 29.1 Å². The van der Waals surface area contributed by atoms with Crippen LogP contribution in [-0.4, -0.2) is 145 Å². The zero-order valence-corrected chi connectivity index (χ0v) is 40.2. The van der Waals surface area contributed by atoms with E-state index in [-0.39, 0.29) is 37.4 Å². The summed E-state index contributed by atoms with van der Waals surface area (Å²) < 4.78 is 34.3. The molecule has 3 unspecified atom stereocenters. The summed E-state index contributed by atoms with van der Waals surface area (Å²) in [5.74, 6) is -5.47. The van der Waals surface area contributed by atoms with Crippen LogP contribution >= 0.6 is 0 Å². The molecule has 21 nitrogen and oxygen atoms in total. The SMILES string of the molecule is CC[C@H]1OC(=O)C(C)C(=O)[C@H](C)[C@@H](O[C@@H]2O[C@H](C)CC(N(C)C)C2O)[C@](C)(OC)C[C@@H](C)C(=O)N[C@H](C)[C@H]2N(CCCCn3cc(-c4cccc(N)c4)nn3)C(=O)O[C@]12n1ccc(N)nc1=O. The molecule has 21 heteroatoms. The molecular formula is C46H68N10O11. The number of likely N-dealkylation sites (N-methyl/N-ethyl adjacent to an activating group) is 1. The number of unbranched alkanes of at least 4 members (excludes halogenated alkanes) is 1. The number of carbonyl (C=O) groups excluding carboxylic acids is 4. The molecule has 0 aliphatic carbocycles. The number of nitrogens with two attached hydrogens (primary N) is 2. The average Bonchev–Trinajstić information content (AvgIpc) is 3.88. The maximum Gasteiger partial charge on any atom is 0.412 e. The number of cyclic esters (lactones) is 1.